The summed E-state index contributed by atoms with van der Waals surface area (Å²) in [6.45, 7) is 2.63. The van der Waals surface area contributed by atoms with Crippen LogP contribution in [0.4, 0.5) is 0 Å². The number of aliphatic hydroxyl groups excluding tert-OH is 1. The molecule has 2 saturated heterocycles. The van der Waals surface area contributed by atoms with Crippen LogP contribution in [0.2, 0.25) is 5.02 Å². The second kappa shape index (κ2) is 6.45. The van der Waals surface area contributed by atoms with Gasteiger partial charge < -0.3 is 5.11 Å². The molecule has 3 rings (SSSR count). The fourth-order valence-corrected chi connectivity index (χ4v) is 5.30. The number of likely N-dealkylation sites (tertiary alicyclic amines) is 1. The summed E-state index contributed by atoms with van der Waals surface area (Å²) < 4.78 is 26.9. The molecule has 0 spiro atoms. The number of β-amino-alcohol motifs (C(OH)–C–C–N with tert-alkyl or cyclic N) is 1. The lowest BCUT2D eigenvalue weighted by atomic mass is 10.1. The number of halogens is 1. The summed E-state index contributed by atoms with van der Waals surface area (Å²) in [5, 5.41) is 9.90. The van der Waals surface area contributed by atoms with Crippen molar-refractivity contribution < 1.29 is 13.5 Å². The standard InChI is InChI=1S/C15H21ClN2O3S/c16-14-3-1-2-4-15(14)22(20,21)18-9-5-12(6-10-18)17-8-7-13(19)11-17/h1-4,12-13,19H,5-11H2/t13-/m1/s1. The summed E-state index contributed by atoms with van der Waals surface area (Å²) in [5.74, 6) is 0. The van der Waals surface area contributed by atoms with E-state index in [1.165, 1.54) is 4.31 Å². The van der Waals surface area contributed by atoms with E-state index in [0.29, 0.717) is 25.7 Å². The Morgan fingerprint density at radius 2 is 1.77 bits per heavy atom. The Morgan fingerprint density at radius 3 is 2.36 bits per heavy atom. The van der Waals surface area contributed by atoms with E-state index in [2.05, 4.69) is 4.90 Å². The molecule has 0 saturated carbocycles. The van der Waals surface area contributed by atoms with Gasteiger partial charge in [-0.25, -0.2) is 8.42 Å². The van der Waals surface area contributed by atoms with Crippen LogP contribution < -0.4 is 0 Å². The van der Waals surface area contributed by atoms with Crippen LogP contribution in [0.3, 0.4) is 0 Å². The van der Waals surface area contributed by atoms with E-state index in [4.69, 9.17) is 11.6 Å². The quantitative estimate of drug-likeness (QED) is 0.904. The van der Waals surface area contributed by atoms with Crippen molar-refractivity contribution in [2.24, 2.45) is 0 Å². The largest absolute Gasteiger partial charge is 0.392 e. The molecule has 0 unspecified atom stereocenters. The molecule has 1 aromatic carbocycles. The van der Waals surface area contributed by atoms with Crippen molar-refractivity contribution in [2.75, 3.05) is 26.2 Å². The Morgan fingerprint density at radius 1 is 1.09 bits per heavy atom. The van der Waals surface area contributed by atoms with Gasteiger partial charge in [-0.05, 0) is 31.4 Å². The van der Waals surface area contributed by atoms with Crippen LogP contribution in [0.5, 0.6) is 0 Å². The lowest BCUT2D eigenvalue weighted by molar-refractivity contribution is 0.132. The fourth-order valence-electron chi connectivity index (χ4n) is 3.34. The first-order chi connectivity index (χ1) is 10.5. The number of hydrogen-bond donors (Lipinski definition) is 1. The lowest BCUT2D eigenvalue weighted by Gasteiger charge is -2.36. The normalized spacial score (nSPS) is 25.6. The average molecular weight is 345 g/mol. The molecule has 0 aliphatic carbocycles. The molecular weight excluding hydrogens is 324 g/mol. The molecule has 2 fully saturated rings. The molecule has 0 aromatic heterocycles. The molecule has 2 aliphatic heterocycles. The molecule has 1 N–H and O–H groups in total. The second-order valence-corrected chi connectivity index (χ2v) is 8.32. The zero-order chi connectivity index (χ0) is 15.7. The number of benzene rings is 1. The third-order valence-electron chi connectivity index (χ3n) is 4.59. The Bertz CT molecular complexity index is 629. The molecule has 2 aliphatic rings. The topological polar surface area (TPSA) is 60.9 Å². The van der Waals surface area contributed by atoms with E-state index in [1.807, 2.05) is 0 Å². The third-order valence-corrected chi connectivity index (χ3v) is 6.99. The van der Waals surface area contributed by atoms with Gasteiger partial charge in [0.25, 0.3) is 0 Å². The highest BCUT2D eigenvalue weighted by Crippen LogP contribution is 2.28. The molecule has 1 aromatic rings. The van der Waals surface area contributed by atoms with Crippen molar-refractivity contribution in [3.05, 3.63) is 29.3 Å². The van der Waals surface area contributed by atoms with Crippen molar-refractivity contribution in [3.8, 4) is 0 Å². The van der Waals surface area contributed by atoms with Gasteiger partial charge in [-0.15, -0.1) is 0 Å². The van der Waals surface area contributed by atoms with Crippen molar-refractivity contribution in [2.45, 2.75) is 36.3 Å². The minimum Gasteiger partial charge on any atom is -0.392 e. The highest BCUT2D eigenvalue weighted by molar-refractivity contribution is 7.89. The number of aliphatic hydroxyl groups is 1. The maximum absolute atomic E-state index is 12.7. The molecule has 5 nitrogen and oxygen atoms in total. The van der Waals surface area contributed by atoms with Crippen LogP contribution in [0.25, 0.3) is 0 Å². The van der Waals surface area contributed by atoms with E-state index >= 15 is 0 Å². The van der Waals surface area contributed by atoms with Gasteiger partial charge in [-0.1, -0.05) is 23.7 Å². The minimum absolute atomic E-state index is 0.187. The van der Waals surface area contributed by atoms with Crippen molar-refractivity contribution in [1.82, 2.24) is 9.21 Å². The van der Waals surface area contributed by atoms with E-state index < -0.39 is 10.0 Å². The molecule has 1 atom stereocenters. The minimum atomic E-state index is -3.52. The smallest absolute Gasteiger partial charge is 0.244 e. The summed E-state index contributed by atoms with van der Waals surface area (Å²) in [5.41, 5.74) is 0. The van der Waals surface area contributed by atoms with Crippen LogP contribution >= 0.6 is 11.6 Å². The lowest BCUT2D eigenvalue weighted by Crippen LogP contribution is -2.46. The monoisotopic (exact) mass is 344 g/mol. The molecule has 7 heteroatoms. The van der Waals surface area contributed by atoms with Gasteiger partial charge in [0.2, 0.25) is 10.0 Å². The van der Waals surface area contributed by atoms with Crippen LogP contribution in [0.1, 0.15) is 19.3 Å². The summed E-state index contributed by atoms with van der Waals surface area (Å²) in [7, 11) is -3.52. The van der Waals surface area contributed by atoms with Gasteiger partial charge in [0.15, 0.2) is 0 Å². The zero-order valence-electron chi connectivity index (χ0n) is 12.4. The first kappa shape index (κ1) is 16.2. The Balaban J connectivity index is 1.67. The Kier molecular flexibility index (Phi) is 4.75. The predicted octanol–water partition coefficient (Wildman–Crippen LogP) is 1.56. The van der Waals surface area contributed by atoms with E-state index in [9.17, 15) is 13.5 Å². The van der Waals surface area contributed by atoms with Gasteiger partial charge in [0, 0.05) is 32.2 Å². The average Bonchev–Trinajstić information content (AvgIpc) is 2.94. The van der Waals surface area contributed by atoms with E-state index in [0.717, 1.165) is 25.8 Å². The number of sulfonamides is 1. The number of piperidine rings is 1. The van der Waals surface area contributed by atoms with Gasteiger partial charge in [0.05, 0.1) is 11.1 Å². The Hall–Kier alpha value is -0.660. The molecule has 0 radical (unpaired) electrons. The molecule has 122 valence electrons. The Labute approximate surface area is 136 Å². The molecule has 0 bridgehead atoms. The summed E-state index contributed by atoms with van der Waals surface area (Å²) in [6.07, 6.45) is 2.19. The summed E-state index contributed by atoms with van der Waals surface area (Å²) in [4.78, 5) is 2.47. The summed E-state index contributed by atoms with van der Waals surface area (Å²) >= 11 is 6.03. The van der Waals surface area contributed by atoms with Gasteiger partial charge >= 0.3 is 0 Å². The second-order valence-electron chi connectivity index (χ2n) is 6.00. The first-order valence-electron chi connectivity index (χ1n) is 7.65. The first-order valence-corrected chi connectivity index (χ1v) is 9.47. The molecule has 2 heterocycles. The number of nitrogens with zero attached hydrogens (tertiary/aromatic N) is 2. The molecular formula is C15H21ClN2O3S. The van der Waals surface area contributed by atoms with Crippen LogP contribution in [0.15, 0.2) is 29.2 Å². The van der Waals surface area contributed by atoms with Crippen LogP contribution in [0, 0.1) is 0 Å². The van der Waals surface area contributed by atoms with Gasteiger partial charge in [-0.2, -0.15) is 4.31 Å². The molecule has 0 amide bonds. The van der Waals surface area contributed by atoms with Crippen molar-refractivity contribution >= 4 is 21.6 Å². The third kappa shape index (κ3) is 3.16. The molecule has 22 heavy (non-hydrogen) atoms. The zero-order valence-corrected chi connectivity index (χ0v) is 13.9. The van der Waals surface area contributed by atoms with Gasteiger partial charge in [0.1, 0.15) is 4.90 Å². The SMILES string of the molecule is O=S(=O)(c1ccccc1Cl)N1CCC(N2CC[C@@H](O)C2)CC1. The van der Waals surface area contributed by atoms with Gasteiger partial charge in [-0.3, -0.25) is 4.90 Å². The predicted molar refractivity (Wildman–Crippen MR) is 85.4 cm³/mol. The fraction of sp³-hybridized carbons (Fsp3) is 0.600. The summed E-state index contributed by atoms with van der Waals surface area (Å²) in [6, 6.07) is 6.95. The van der Waals surface area contributed by atoms with E-state index in [-0.39, 0.29) is 16.0 Å². The van der Waals surface area contributed by atoms with Crippen LogP contribution in [-0.2, 0) is 10.0 Å². The van der Waals surface area contributed by atoms with E-state index in [1.54, 1.807) is 24.3 Å². The van der Waals surface area contributed by atoms with Crippen LogP contribution in [-0.4, -0.2) is 61.1 Å². The highest BCUT2D eigenvalue weighted by atomic mass is 35.5. The van der Waals surface area contributed by atoms with Crippen molar-refractivity contribution in [1.29, 1.82) is 0 Å². The maximum Gasteiger partial charge on any atom is 0.244 e. The number of hydrogen-bond acceptors (Lipinski definition) is 4. The maximum atomic E-state index is 12.7. The highest BCUT2D eigenvalue weighted by Gasteiger charge is 2.34. The van der Waals surface area contributed by atoms with Crippen molar-refractivity contribution in [3.63, 3.8) is 0 Å². The number of rotatable bonds is 3.